The van der Waals surface area contributed by atoms with E-state index in [4.69, 9.17) is 0 Å². The number of aromatic amines is 1. The molecule has 0 radical (unpaired) electrons. The first-order chi connectivity index (χ1) is 14.6. The largest absolute Gasteiger partial charge is 0.433 e. The number of halogens is 2. The highest BCUT2D eigenvalue weighted by atomic mass is 32.2. The number of carbonyl (C=O) groups excluding carboxylic acids is 1. The summed E-state index contributed by atoms with van der Waals surface area (Å²) in [4.78, 5) is 22.4. The maximum Gasteiger partial charge on any atom is 0.387 e. The molecule has 1 aromatic carbocycles. The van der Waals surface area contributed by atoms with E-state index in [1.807, 2.05) is 35.0 Å². The van der Waals surface area contributed by atoms with Crippen molar-refractivity contribution in [1.29, 1.82) is 0 Å². The number of thioether (sulfide) groups is 1. The number of amides is 1. The highest BCUT2D eigenvalue weighted by Crippen LogP contribution is 2.37. The third-order valence-corrected chi connectivity index (χ3v) is 6.56. The van der Waals surface area contributed by atoms with Crippen molar-refractivity contribution in [3.8, 4) is 26.9 Å². The Morgan fingerprint density at radius 1 is 1.10 bits per heavy atom. The van der Waals surface area contributed by atoms with Crippen molar-refractivity contribution in [3.63, 3.8) is 0 Å². The van der Waals surface area contributed by atoms with Crippen molar-refractivity contribution in [2.75, 3.05) is 11.1 Å². The minimum atomic E-state index is -2.97. The normalized spacial score (nSPS) is 11.0. The van der Waals surface area contributed by atoms with Crippen molar-refractivity contribution in [2.45, 2.75) is 11.8 Å². The zero-order valence-corrected chi connectivity index (χ0v) is 17.8. The lowest BCUT2D eigenvalue weighted by molar-refractivity contribution is -0.113. The Bertz CT molecular complexity index is 1060. The summed E-state index contributed by atoms with van der Waals surface area (Å²) in [7, 11) is 0. The SMILES string of the molecule is O=C(CSc1nc(-c2cccs2)c(-c2cccs2)[nH]1)Nc1ccccc1OC(F)F. The maximum absolute atomic E-state index is 12.5. The molecule has 0 saturated heterocycles. The van der Waals surface area contributed by atoms with Gasteiger partial charge in [0, 0.05) is 0 Å². The van der Waals surface area contributed by atoms with Crippen LogP contribution in [0.15, 0.2) is 64.4 Å². The van der Waals surface area contributed by atoms with Crippen LogP contribution >= 0.6 is 34.4 Å². The van der Waals surface area contributed by atoms with E-state index in [1.54, 1.807) is 34.8 Å². The first kappa shape index (κ1) is 20.6. The number of ether oxygens (including phenoxy) is 1. The minimum Gasteiger partial charge on any atom is -0.433 e. The second-order valence-electron chi connectivity index (χ2n) is 5.93. The van der Waals surface area contributed by atoms with E-state index in [-0.39, 0.29) is 23.1 Å². The minimum absolute atomic E-state index is 0.0598. The molecule has 3 aromatic heterocycles. The van der Waals surface area contributed by atoms with Crippen molar-refractivity contribution >= 4 is 46.0 Å². The average Bonchev–Trinajstić information content (AvgIpc) is 3.47. The molecule has 3 heterocycles. The Morgan fingerprint density at radius 3 is 2.53 bits per heavy atom. The molecule has 0 fully saturated rings. The standard InChI is InChI=1S/C20H15F2N3O2S3/c21-19(22)27-13-6-2-1-5-12(13)23-16(26)11-30-20-24-17(14-7-3-9-28-14)18(25-20)15-8-4-10-29-15/h1-10,19H,11H2,(H,23,26)(H,24,25). The van der Waals surface area contributed by atoms with E-state index in [0.29, 0.717) is 5.16 Å². The Balaban J connectivity index is 1.47. The number of hydrogen-bond acceptors (Lipinski definition) is 6. The van der Waals surface area contributed by atoms with Gasteiger partial charge in [0.25, 0.3) is 0 Å². The van der Waals surface area contributed by atoms with Gasteiger partial charge in [-0.1, -0.05) is 36.0 Å². The Hall–Kier alpha value is -2.69. The lowest BCUT2D eigenvalue weighted by atomic mass is 10.2. The van der Waals surface area contributed by atoms with Gasteiger partial charge in [-0.25, -0.2) is 4.98 Å². The smallest absolute Gasteiger partial charge is 0.387 e. The van der Waals surface area contributed by atoms with E-state index < -0.39 is 6.61 Å². The molecule has 0 aliphatic rings. The van der Waals surface area contributed by atoms with Crippen LogP contribution in [0.5, 0.6) is 5.75 Å². The molecule has 0 atom stereocenters. The fourth-order valence-electron chi connectivity index (χ4n) is 2.70. The molecule has 0 aliphatic heterocycles. The molecule has 2 N–H and O–H groups in total. The molecule has 0 spiro atoms. The number of imidazole rings is 1. The molecular formula is C20H15F2N3O2S3. The molecule has 4 aromatic rings. The highest BCUT2D eigenvalue weighted by molar-refractivity contribution is 7.99. The Morgan fingerprint density at radius 2 is 1.83 bits per heavy atom. The number of hydrogen-bond donors (Lipinski definition) is 2. The van der Waals surface area contributed by atoms with Crippen LogP contribution in [-0.2, 0) is 4.79 Å². The van der Waals surface area contributed by atoms with Gasteiger partial charge in [-0.3, -0.25) is 4.79 Å². The number of rotatable bonds is 8. The number of nitrogens with zero attached hydrogens (tertiary/aromatic N) is 1. The number of aromatic nitrogens is 2. The highest BCUT2D eigenvalue weighted by Gasteiger charge is 2.17. The van der Waals surface area contributed by atoms with Crippen LogP contribution in [0.1, 0.15) is 0 Å². The van der Waals surface area contributed by atoms with E-state index in [0.717, 1.165) is 21.1 Å². The number of anilines is 1. The number of para-hydroxylation sites is 2. The van der Waals surface area contributed by atoms with E-state index >= 15 is 0 Å². The first-order valence-corrected chi connectivity index (χ1v) is 11.5. The molecule has 0 bridgehead atoms. The van der Waals surface area contributed by atoms with Gasteiger partial charge < -0.3 is 15.0 Å². The Kier molecular flexibility index (Phi) is 6.46. The molecule has 0 aliphatic carbocycles. The summed E-state index contributed by atoms with van der Waals surface area (Å²) in [5, 5.41) is 7.19. The van der Waals surface area contributed by atoms with Crippen LogP contribution in [0.2, 0.25) is 0 Å². The van der Waals surface area contributed by atoms with Gasteiger partial charge in [0.2, 0.25) is 5.91 Å². The van der Waals surface area contributed by atoms with Gasteiger partial charge in [-0.15, -0.1) is 22.7 Å². The second-order valence-corrected chi connectivity index (χ2v) is 8.79. The molecule has 0 unspecified atom stereocenters. The number of carbonyl (C=O) groups is 1. The topological polar surface area (TPSA) is 67.0 Å². The molecule has 154 valence electrons. The first-order valence-electron chi connectivity index (χ1n) is 8.74. The van der Waals surface area contributed by atoms with E-state index in [9.17, 15) is 13.6 Å². The van der Waals surface area contributed by atoms with E-state index in [2.05, 4.69) is 20.0 Å². The molecule has 5 nitrogen and oxygen atoms in total. The second kappa shape index (κ2) is 9.41. The van der Waals surface area contributed by atoms with Crippen LogP contribution in [0.3, 0.4) is 0 Å². The van der Waals surface area contributed by atoms with Gasteiger partial charge in [0.05, 0.1) is 26.9 Å². The zero-order chi connectivity index (χ0) is 20.9. The Labute approximate surface area is 183 Å². The summed E-state index contributed by atoms with van der Waals surface area (Å²) in [5.74, 6) is -0.370. The number of H-pyrrole nitrogens is 1. The molecule has 4 rings (SSSR count). The summed E-state index contributed by atoms with van der Waals surface area (Å²) < 4.78 is 29.5. The summed E-state index contributed by atoms with van der Waals surface area (Å²) in [6.07, 6.45) is 0. The predicted octanol–water partition coefficient (Wildman–Crippen LogP) is 6.20. The lowest BCUT2D eigenvalue weighted by Gasteiger charge is -2.11. The summed E-state index contributed by atoms with van der Waals surface area (Å²) >= 11 is 4.43. The molecular weight excluding hydrogens is 448 g/mol. The van der Waals surface area contributed by atoms with Crippen LogP contribution < -0.4 is 10.1 Å². The van der Waals surface area contributed by atoms with Gasteiger partial charge in [-0.2, -0.15) is 8.78 Å². The molecule has 10 heteroatoms. The third kappa shape index (κ3) is 4.89. The fourth-order valence-corrected chi connectivity index (χ4v) is 4.82. The monoisotopic (exact) mass is 463 g/mol. The number of alkyl halides is 2. The number of benzene rings is 1. The quantitative estimate of drug-likeness (QED) is 0.305. The fraction of sp³-hybridized carbons (Fsp3) is 0.100. The lowest BCUT2D eigenvalue weighted by Crippen LogP contribution is -2.15. The van der Waals surface area contributed by atoms with Gasteiger partial charge in [0.1, 0.15) is 11.4 Å². The zero-order valence-electron chi connectivity index (χ0n) is 15.3. The average molecular weight is 464 g/mol. The van der Waals surface area contributed by atoms with Crippen LogP contribution in [0, 0.1) is 0 Å². The molecule has 0 saturated carbocycles. The predicted molar refractivity (Wildman–Crippen MR) is 118 cm³/mol. The van der Waals surface area contributed by atoms with Crippen molar-refractivity contribution < 1.29 is 18.3 Å². The molecule has 30 heavy (non-hydrogen) atoms. The van der Waals surface area contributed by atoms with Crippen molar-refractivity contribution in [3.05, 3.63) is 59.3 Å². The van der Waals surface area contributed by atoms with Crippen molar-refractivity contribution in [2.24, 2.45) is 0 Å². The van der Waals surface area contributed by atoms with Gasteiger partial charge in [-0.05, 0) is 35.0 Å². The van der Waals surface area contributed by atoms with Crippen molar-refractivity contribution in [1.82, 2.24) is 9.97 Å². The summed E-state index contributed by atoms with van der Waals surface area (Å²) in [6, 6.07) is 14.0. The number of thiophene rings is 2. The third-order valence-electron chi connectivity index (χ3n) is 3.92. The number of nitrogens with one attached hydrogen (secondary N) is 2. The summed E-state index contributed by atoms with van der Waals surface area (Å²) in [5.41, 5.74) is 1.94. The van der Waals surface area contributed by atoms with Crippen LogP contribution in [0.4, 0.5) is 14.5 Å². The van der Waals surface area contributed by atoms with E-state index in [1.165, 1.54) is 23.9 Å². The van der Waals surface area contributed by atoms with Crippen LogP contribution in [0.25, 0.3) is 21.1 Å². The maximum atomic E-state index is 12.5. The molecule has 1 amide bonds. The van der Waals surface area contributed by atoms with Gasteiger partial charge >= 0.3 is 6.61 Å². The summed E-state index contributed by atoms with van der Waals surface area (Å²) in [6.45, 7) is -2.97. The van der Waals surface area contributed by atoms with Gasteiger partial charge in [0.15, 0.2) is 5.16 Å². The van der Waals surface area contributed by atoms with Crippen LogP contribution in [-0.4, -0.2) is 28.2 Å².